The second-order valence-corrected chi connectivity index (χ2v) is 10.2. The van der Waals surface area contributed by atoms with Crippen molar-refractivity contribution in [3.8, 4) is 0 Å². The maximum atomic E-state index is 13.1. The second kappa shape index (κ2) is 10.8. The summed E-state index contributed by atoms with van der Waals surface area (Å²) in [6.45, 7) is 4.48. The molecule has 2 saturated heterocycles. The van der Waals surface area contributed by atoms with Crippen molar-refractivity contribution in [2.24, 2.45) is 0 Å². The number of hydrogen-bond acceptors (Lipinski definition) is 7. The number of hydrogen-bond donors (Lipinski definition) is 5. The van der Waals surface area contributed by atoms with Crippen molar-refractivity contribution in [2.45, 2.75) is 79.9 Å². The minimum atomic E-state index is -1.38. The maximum absolute atomic E-state index is 13.1. The lowest BCUT2D eigenvalue weighted by Gasteiger charge is -2.44. The van der Waals surface area contributed by atoms with Crippen molar-refractivity contribution in [3.63, 3.8) is 0 Å². The van der Waals surface area contributed by atoms with E-state index in [2.05, 4.69) is 41.8 Å². The number of aryl methyl sites for hydroxylation is 1. The predicted molar refractivity (Wildman–Crippen MR) is 122 cm³/mol. The molecule has 9 heteroatoms. The highest BCUT2D eigenvalue weighted by atomic mass is 35.5. The van der Waals surface area contributed by atoms with Crippen LogP contribution in [0.25, 0.3) is 0 Å². The summed E-state index contributed by atoms with van der Waals surface area (Å²) in [6, 6.07) is 7.27. The van der Waals surface area contributed by atoms with Gasteiger partial charge in [-0.25, -0.2) is 0 Å². The molecule has 0 spiro atoms. The van der Waals surface area contributed by atoms with Crippen LogP contribution in [-0.2, 0) is 9.53 Å². The van der Waals surface area contributed by atoms with Gasteiger partial charge >= 0.3 is 0 Å². The van der Waals surface area contributed by atoms with Crippen LogP contribution in [-0.4, -0.2) is 81.3 Å². The summed E-state index contributed by atoms with van der Waals surface area (Å²) >= 11 is 7.59. The fourth-order valence-electron chi connectivity index (χ4n) is 4.35. The van der Waals surface area contributed by atoms with Crippen molar-refractivity contribution >= 4 is 29.3 Å². The summed E-state index contributed by atoms with van der Waals surface area (Å²) in [4.78, 5) is 13.1. The summed E-state index contributed by atoms with van der Waals surface area (Å²) in [5.41, 5.74) is 1.70. The van der Waals surface area contributed by atoms with Gasteiger partial charge < -0.3 is 30.7 Å². The molecule has 1 unspecified atom stereocenters. The molecule has 3 rings (SSSR count). The lowest BCUT2D eigenvalue weighted by molar-refractivity contribution is -0.205. The van der Waals surface area contributed by atoms with E-state index in [1.165, 1.54) is 22.9 Å². The number of nitrogens with one attached hydrogen (secondary N) is 2. The molecule has 2 fully saturated rings. The number of halogens is 1. The van der Waals surface area contributed by atoms with Crippen LogP contribution < -0.4 is 10.6 Å². The first kappa shape index (κ1) is 24.8. The van der Waals surface area contributed by atoms with Crippen molar-refractivity contribution in [2.75, 3.05) is 12.8 Å². The van der Waals surface area contributed by atoms with Gasteiger partial charge in [-0.3, -0.25) is 4.79 Å². The molecule has 0 bridgehead atoms. The maximum Gasteiger partial charge on any atom is 0.237 e. The van der Waals surface area contributed by atoms with Crippen LogP contribution in [0.4, 0.5) is 0 Å². The fraction of sp³-hybridized carbons (Fsp3) is 0.682. The Morgan fingerprint density at radius 3 is 2.52 bits per heavy atom. The molecule has 31 heavy (non-hydrogen) atoms. The molecule has 5 N–H and O–H groups in total. The van der Waals surface area contributed by atoms with Crippen LogP contribution in [0.15, 0.2) is 24.3 Å². The highest BCUT2D eigenvalue weighted by Gasteiger charge is 2.48. The Balaban J connectivity index is 1.69. The summed E-state index contributed by atoms with van der Waals surface area (Å²) < 4.78 is 5.83. The quantitative estimate of drug-likeness (QED) is 0.394. The molecule has 0 radical (unpaired) electrons. The number of aliphatic hydroxyl groups is 3. The topological polar surface area (TPSA) is 111 Å². The lowest BCUT2D eigenvalue weighted by Crippen LogP contribution is -2.65. The fourth-order valence-corrected chi connectivity index (χ4v) is 5.23. The molecular formula is C22H33ClN2O5S. The average molecular weight is 473 g/mol. The van der Waals surface area contributed by atoms with E-state index in [1.807, 2.05) is 0 Å². The lowest BCUT2D eigenvalue weighted by atomic mass is 9.85. The zero-order chi connectivity index (χ0) is 22.7. The summed E-state index contributed by atoms with van der Waals surface area (Å²) in [6.07, 6.45) is -1.58. The van der Waals surface area contributed by atoms with E-state index in [0.29, 0.717) is 6.42 Å². The smallest absolute Gasteiger partial charge is 0.237 e. The van der Waals surface area contributed by atoms with Crippen molar-refractivity contribution in [1.29, 1.82) is 0 Å². The number of carbonyl (C=O) groups excluding carboxylic acids is 1. The number of piperidine rings is 1. The minimum absolute atomic E-state index is 0.216. The molecule has 174 valence electrons. The number of carbonyl (C=O) groups is 1. The zero-order valence-corrected chi connectivity index (χ0v) is 19.6. The zero-order valence-electron chi connectivity index (χ0n) is 18.1. The molecule has 2 aliphatic rings. The largest absolute Gasteiger partial charge is 0.388 e. The molecule has 1 aromatic carbocycles. The highest BCUT2D eigenvalue weighted by molar-refractivity contribution is 7.99. The van der Waals surface area contributed by atoms with Gasteiger partial charge in [0.2, 0.25) is 5.91 Å². The standard InChI is InChI=1S/C22H33ClN2O5S/c1-11-4-6-13(7-5-11)14-8-9-24-15(10-14)21(29)25-16(12(2)23)20-18(27)17(26)19(28)22(30-20)31-3/h4-7,12,14-20,22,24,26-28H,8-10H2,1-3H3,(H,25,29)/t12-,14+,15-,16?,17-,18+,19+,20+,22+/m0/s1. The third-order valence-corrected chi connectivity index (χ3v) is 7.39. The van der Waals surface area contributed by atoms with Crippen molar-refractivity contribution < 1.29 is 24.9 Å². The average Bonchev–Trinajstić information content (AvgIpc) is 2.77. The van der Waals surface area contributed by atoms with E-state index < -0.39 is 47.3 Å². The minimum Gasteiger partial charge on any atom is -0.388 e. The van der Waals surface area contributed by atoms with Gasteiger partial charge in [-0.1, -0.05) is 29.8 Å². The Morgan fingerprint density at radius 2 is 1.90 bits per heavy atom. The monoisotopic (exact) mass is 472 g/mol. The number of alkyl halides is 1. The molecule has 7 nitrogen and oxygen atoms in total. The van der Waals surface area contributed by atoms with Gasteiger partial charge in [0.15, 0.2) is 0 Å². The highest BCUT2D eigenvalue weighted by Crippen LogP contribution is 2.31. The number of amides is 1. The molecule has 2 aliphatic heterocycles. The number of benzene rings is 1. The van der Waals surface area contributed by atoms with Crippen LogP contribution in [0.2, 0.25) is 0 Å². The molecule has 0 aromatic heterocycles. The van der Waals surface area contributed by atoms with Crippen LogP contribution in [0, 0.1) is 6.92 Å². The molecule has 1 aromatic rings. The van der Waals surface area contributed by atoms with E-state index in [-0.39, 0.29) is 11.8 Å². The molecule has 9 atom stereocenters. The van der Waals surface area contributed by atoms with Crippen molar-refractivity contribution in [1.82, 2.24) is 10.6 Å². The Morgan fingerprint density at radius 1 is 1.23 bits per heavy atom. The van der Waals surface area contributed by atoms with Gasteiger partial charge in [0, 0.05) is 0 Å². The van der Waals surface area contributed by atoms with Crippen LogP contribution in [0.1, 0.15) is 36.8 Å². The first-order valence-electron chi connectivity index (χ1n) is 10.7. The predicted octanol–water partition coefficient (Wildman–Crippen LogP) is 1.11. The Labute approximate surface area is 192 Å². The summed E-state index contributed by atoms with van der Waals surface area (Å²) in [5, 5.41) is 36.5. The van der Waals surface area contributed by atoms with Crippen LogP contribution >= 0.6 is 23.4 Å². The normalized spacial score (nSPS) is 35.9. The molecule has 0 aliphatic carbocycles. The van der Waals surface area contributed by atoms with E-state index in [0.717, 1.165) is 13.0 Å². The third-order valence-electron chi connectivity index (χ3n) is 6.27. The number of ether oxygens (including phenoxy) is 1. The SMILES string of the molecule is CS[C@H]1O[C@H](C(NC(=O)[C@@H]2C[C@H](c3ccc(C)cc3)CCN2)[C@H](C)Cl)[C@H](O)[C@H](O)[C@H]1O. The molecule has 2 heterocycles. The number of rotatable bonds is 6. The first-order valence-corrected chi connectivity index (χ1v) is 12.4. The van der Waals surface area contributed by atoms with Gasteiger partial charge in [-0.2, -0.15) is 0 Å². The van der Waals surface area contributed by atoms with Gasteiger partial charge in [-0.05, 0) is 51.0 Å². The Hall–Kier alpha value is -0.870. The second-order valence-electron chi connectivity index (χ2n) is 8.53. The van der Waals surface area contributed by atoms with Gasteiger partial charge in [-0.15, -0.1) is 23.4 Å². The van der Waals surface area contributed by atoms with E-state index in [9.17, 15) is 20.1 Å². The van der Waals surface area contributed by atoms with Crippen LogP contribution in [0.3, 0.4) is 0 Å². The van der Waals surface area contributed by atoms with Crippen molar-refractivity contribution in [3.05, 3.63) is 35.4 Å². The van der Waals surface area contributed by atoms with Gasteiger partial charge in [0.25, 0.3) is 0 Å². The Bertz CT molecular complexity index is 735. The third kappa shape index (κ3) is 5.74. The molecule has 0 saturated carbocycles. The Kier molecular flexibility index (Phi) is 8.65. The van der Waals surface area contributed by atoms with Gasteiger partial charge in [0.05, 0.1) is 17.5 Å². The van der Waals surface area contributed by atoms with E-state index in [4.69, 9.17) is 16.3 Å². The van der Waals surface area contributed by atoms with Crippen LogP contribution in [0.5, 0.6) is 0 Å². The number of aliphatic hydroxyl groups excluding tert-OH is 3. The van der Waals surface area contributed by atoms with E-state index >= 15 is 0 Å². The van der Waals surface area contributed by atoms with E-state index in [1.54, 1.807) is 13.2 Å². The molecule has 1 amide bonds. The van der Waals surface area contributed by atoms with Gasteiger partial charge in [0.1, 0.15) is 29.9 Å². The first-order chi connectivity index (χ1) is 14.7. The summed E-state index contributed by atoms with van der Waals surface area (Å²) in [5.74, 6) is 0.0604. The summed E-state index contributed by atoms with van der Waals surface area (Å²) in [7, 11) is 0. The molecular weight excluding hydrogens is 440 g/mol. The number of thioether (sulfide) groups is 1.